The number of rotatable bonds is 5. The first-order chi connectivity index (χ1) is 11.5. The summed E-state index contributed by atoms with van der Waals surface area (Å²) in [5.41, 5.74) is 5.33. The number of ether oxygens (including phenoxy) is 2. The normalized spacial score (nSPS) is 9.96. The summed E-state index contributed by atoms with van der Waals surface area (Å²) in [6.07, 6.45) is 0. The number of methoxy groups -OCH3 is 1. The second kappa shape index (κ2) is 8.21. The predicted molar refractivity (Wildman–Crippen MR) is 90.5 cm³/mol. The van der Waals surface area contributed by atoms with Gasteiger partial charge in [0.15, 0.2) is 11.5 Å². The SMILES string of the molecule is CCOc1ccc(C(=O)NNC(=O)c2cccc(Cl)c2)cc1OC. The molecular weight excluding hydrogens is 332 g/mol. The van der Waals surface area contributed by atoms with E-state index in [0.29, 0.717) is 34.3 Å². The van der Waals surface area contributed by atoms with Crippen LogP contribution in [0, 0.1) is 0 Å². The van der Waals surface area contributed by atoms with E-state index in [-0.39, 0.29) is 0 Å². The van der Waals surface area contributed by atoms with Crippen molar-refractivity contribution in [2.24, 2.45) is 0 Å². The lowest BCUT2D eigenvalue weighted by Gasteiger charge is -2.11. The maximum atomic E-state index is 12.1. The van der Waals surface area contributed by atoms with Crippen LogP contribution in [0.4, 0.5) is 0 Å². The summed E-state index contributed by atoms with van der Waals surface area (Å²) in [5.74, 6) is 0.0284. The van der Waals surface area contributed by atoms with Gasteiger partial charge >= 0.3 is 0 Å². The lowest BCUT2D eigenvalue weighted by atomic mass is 10.2. The van der Waals surface area contributed by atoms with E-state index >= 15 is 0 Å². The third-order valence-corrected chi connectivity index (χ3v) is 3.34. The number of nitrogens with one attached hydrogen (secondary N) is 2. The molecule has 0 aromatic heterocycles. The van der Waals surface area contributed by atoms with Crippen molar-refractivity contribution in [1.82, 2.24) is 10.9 Å². The van der Waals surface area contributed by atoms with Crippen molar-refractivity contribution in [3.63, 3.8) is 0 Å². The van der Waals surface area contributed by atoms with Crippen molar-refractivity contribution in [3.8, 4) is 11.5 Å². The van der Waals surface area contributed by atoms with Crippen LogP contribution in [-0.4, -0.2) is 25.5 Å². The van der Waals surface area contributed by atoms with Crippen LogP contribution in [0.15, 0.2) is 42.5 Å². The van der Waals surface area contributed by atoms with Crippen molar-refractivity contribution in [2.75, 3.05) is 13.7 Å². The van der Waals surface area contributed by atoms with Crippen LogP contribution < -0.4 is 20.3 Å². The van der Waals surface area contributed by atoms with Gasteiger partial charge in [-0.05, 0) is 43.3 Å². The number of carbonyl (C=O) groups excluding carboxylic acids is 2. The minimum Gasteiger partial charge on any atom is -0.493 e. The van der Waals surface area contributed by atoms with Gasteiger partial charge < -0.3 is 9.47 Å². The summed E-state index contributed by atoms with van der Waals surface area (Å²) >= 11 is 5.83. The highest BCUT2D eigenvalue weighted by Crippen LogP contribution is 2.27. The molecule has 126 valence electrons. The summed E-state index contributed by atoms with van der Waals surface area (Å²) in [7, 11) is 1.49. The van der Waals surface area contributed by atoms with Gasteiger partial charge in [-0.25, -0.2) is 0 Å². The Morgan fingerprint density at radius 3 is 2.25 bits per heavy atom. The first-order valence-corrected chi connectivity index (χ1v) is 7.60. The van der Waals surface area contributed by atoms with Crippen LogP contribution in [0.5, 0.6) is 11.5 Å². The molecule has 6 nitrogen and oxygen atoms in total. The van der Waals surface area contributed by atoms with Gasteiger partial charge in [0.1, 0.15) is 0 Å². The fourth-order valence-electron chi connectivity index (χ4n) is 1.97. The average Bonchev–Trinajstić information content (AvgIpc) is 2.60. The lowest BCUT2D eigenvalue weighted by Crippen LogP contribution is -2.41. The number of halogens is 1. The molecule has 0 unspecified atom stereocenters. The van der Waals surface area contributed by atoms with Crippen LogP contribution >= 0.6 is 11.6 Å². The number of hydrogen-bond donors (Lipinski definition) is 2. The summed E-state index contributed by atoms with van der Waals surface area (Å²) in [4.78, 5) is 24.1. The highest BCUT2D eigenvalue weighted by molar-refractivity contribution is 6.30. The summed E-state index contributed by atoms with van der Waals surface area (Å²) in [6, 6.07) is 11.1. The smallest absolute Gasteiger partial charge is 0.269 e. The van der Waals surface area contributed by atoms with Crippen LogP contribution in [0.25, 0.3) is 0 Å². The Hall–Kier alpha value is -2.73. The molecule has 0 heterocycles. The van der Waals surface area contributed by atoms with Gasteiger partial charge in [0.2, 0.25) is 0 Å². The second-order valence-corrected chi connectivity index (χ2v) is 5.15. The molecule has 2 rings (SSSR count). The summed E-state index contributed by atoms with van der Waals surface area (Å²) < 4.78 is 10.6. The third-order valence-electron chi connectivity index (χ3n) is 3.10. The molecule has 0 atom stereocenters. The van der Waals surface area contributed by atoms with E-state index in [1.807, 2.05) is 6.92 Å². The van der Waals surface area contributed by atoms with Crippen molar-refractivity contribution < 1.29 is 19.1 Å². The molecule has 2 amide bonds. The number of carbonyl (C=O) groups is 2. The lowest BCUT2D eigenvalue weighted by molar-refractivity contribution is 0.0846. The Balaban J connectivity index is 2.03. The molecule has 0 aliphatic heterocycles. The van der Waals surface area contributed by atoms with Crippen LogP contribution in [0.1, 0.15) is 27.6 Å². The highest BCUT2D eigenvalue weighted by Gasteiger charge is 2.12. The molecule has 0 saturated carbocycles. The number of benzene rings is 2. The molecule has 0 radical (unpaired) electrons. The Morgan fingerprint density at radius 2 is 1.67 bits per heavy atom. The third kappa shape index (κ3) is 4.39. The van der Waals surface area contributed by atoms with Gasteiger partial charge in [-0.2, -0.15) is 0 Å². The van der Waals surface area contributed by atoms with Gasteiger partial charge in [-0.1, -0.05) is 17.7 Å². The number of hydrazine groups is 1. The molecular formula is C17H17ClN2O4. The molecule has 2 aromatic carbocycles. The first kappa shape index (κ1) is 17.6. The minimum atomic E-state index is -0.480. The van der Waals surface area contributed by atoms with Crippen molar-refractivity contribution in [3.05, 3.63) is 58.6 Å². The largest absolute Gasteiger partial charge is 0.493 e. The molecule has 24 heavy (non-hydrogen) atoms. The van der Waals surface area contributed by atoms with E-state index in [9.17, 15) is 9.59 Å². The Labute approximate surface area is 144 Å². The fraction of sp³-hybridized carbons (Fsp3) is 0.176. The van der Waals surface area contributed by atoms with Gasteiger partial charge in [-0.15, -0.1) is 0 Å². The molecule has 2 N–H and O–H groups in total. The van der Waals surface area contributed by atoms with Crippen molar-refractivity contribution >= 4 is 23.4 Å². The Morgan fingerprint density at radius 1 is 1.00 bits per heavy atom. The second-order valence-electron chi connectivity index (χ2n) is 4.72. The molecule has 2 aromatic rings. The minimum absolute atomic E-state index is 0.321. The molecule has 0 fully saturated rings. The van der Waals surface area contributed by atoms with Crippen LogP contribution in [0.2, 0.25) is 5.02 Å². The van der Waals surface area contributed by atoms with E-state index in [2.05, 4.69) is 10.9 Å². The molecule has 0 bridgehead atoms. The topological polar surface area (TPSA) is 76.7 Å². The highest BCUT2D eigenvalue weighted by atomic mass is 35.5. The molecule has 0 spiro atoms. The van der Waals surface area contributed by atoms with Crippen LogP contribution in [-0.2, 0) is 0 Å². The zero-order chi connectivity index (χ0) is 17.5. The first-order valence-electron chi connectivity index (χ1n) is 7.22. The van der Waals surface area contributed by atoms with E-state index in [0.717, 1.165) is 0 Å². The Bertz CT molecular complexity index is 749. The van der Waals surface area contributed by atoms with E-state index in [1.54, 1.807) is 30.3 Å². The van der Waals surface area contributed by atoms with Gasteiger partial charge in [0, 0.05) is 16.1 Å². The monoisotopic (exact) mass is 348 g/mol. The average molecular weight is 349 g/mol. The predicted octanol–water partition coefficient (Wildman–Crippen LogP) is 2.82. The summed E-state index contributed by atoms with van der Waals surface area (Å²) in [6.45, 7) is 2.34. The maximum absolute atomic E-state index is 12.1. The standard InChI is InChI=1S/C17H17ClN2O4/c1-3-24-14-8-7-12(10-15(14)23-2)17(22)20-19-16(21)11-5-4-6-13(18)9-11/h4-10H,3H2,1-2H3,(H,19,21)(H,20,22). The van der Waals surface area contributed by atoms with Gasteiger partial charge in [-0.3, -0.25) is 20.4 Å². The van der Waals surface area contributed by atoms with Gasteiger partial charge in [0.05, 0.1) is 13.7 Å². The number of amides is 2. The zero-order valence-corrected chi connectivity index (χ0v) is 14.0. The van der Waals surface area contributed by atoms with Crippen molar-refractivity contribution in [2.45, 2.75) is 6.92 Å². The van der Waals surface area contributed by atoms with E-state index in [1.165, 1.54) is 19.2 Å². The number of hydrogen-bond acceptors (Lipinski definition) is 4. The van der Waals surface area contributed by atoms with Crippen molar-refractivity contribution in [1.29, 1.82) is 0 Å². The van der Waals surface area contributed by atoms with Crippen LogP contribution in [0.3, 0.4) is 0 Å². The molecule has 0 aliphatic rings. The molecule has 0 saturated heterocycles. The zero-order valence-electron chi connectivity index (χ0n) is 13.3. The molecule has 7 heteroatoms. The van der Waals surface area contributed by atoms with E-state index in [4.69, 9.17) is 21.1 Å². The fourth-order valence-corrected chi connectivity index (χ4v) is 2.16. The quantitative estimate of drug-likeness (QED) is 0.815. The Kier molecular flexibility index (Phi) is 6.03. The maximum Gasteiger partial charge on any atom is 0.269 e. The van der Waals surface area contributed by atoms with E-state index < -0.39 is 11.8 Å². The summed E-state index contributed by atoms with van der Waals surface area (Å²) in [5, 5.41) is 0.435. The molecule has 0 aliphatic carbocycles. The van der Waals surface area contributed by atoms with Gasteiger partial charge in [0.25, 0.3) is 11.8 Å².